The summed E-state index contributed by atoms with van der Waals surface area (Å²) >= 11 is 0. The molecule has 0 amide bonds. The Bertz CT molecular complexity index is 356. The normalized spacial score (nSPS) is 18.6. The molecule has 1 aliphatic carbocycles. The van der Waals surface area contributed by atoms with Crippen molar-refractivity contribution < 1.29 is 8.78 Å². The average Bonchev–Trinajstić information content (AvgIpc) is 2.85. The van der Waals surface area contributed by atoms with Gasteiger partial charge in [0.2, 0.25) is 0 Å². The second-order valence-electron chi connectivity index (χ2n) is 4.03. The van der Waals surface area contributed by atoms with E-state index >= 15 is 0 Å². The Morgan fingerprint density at radius 1 is 1.36 bits per heavy atom. The number of nitrogens with two attached hydrogens (primary N) is 1. The number of alkyl halides is 2. The minimum absolute atomic E-state index is 0.110. The molecule has 14 heavy (non-hydrogen) atoms. The summed E-state index contributed by atoms with van der Waals surface area (Å²) in [7, 11) is 0. The fraction of sp³-hybridized carbons (Fsp3) is 0.455. The van der Waals surface area contributed by atoms with Crippen molar-refractivity contribution in [2.45, 2.75) is 31.7 Å². The maximum Gasteiger partial charge on any atom is 0.264 e. The Hall–Kier alpha value is -0.960. The minimum atomic E-state index is -2.41. The van der Waals surface area contributed by atoms with Crippen LogP contribution in [0.2, 0.25) is 0 Å². The second kappa shape index (κ2) is 3.02. The van der Waals surface area contributed by atoms with Crippen molar-refractivity contribution in [2.75, 3.05) is 0 Å². The van der Waals surface area contributed by atoms with E-state index in [1.165, 1.54) is 0 Å². The Kier molecular flexibility index (Phi) is 2.07. The third kappa shape index (κ3) is 1.52. The van der Waals surface area contributed by atoms with Gasteiger partial charge in [0.1, 0.15) is 0 Å². The van der Waals surface area contributed by atoms with Crippen LogP contribution < -0.4 is 5.73 Å². The molecular formula is C11H13F2N. The van der Waals surface area contributed by atoms with Crippen molar-refractivity contribution >= 4 is 0 Å². The van der Waals surface area contributed by atoms with Crippen molar-refractivity contribution in [1.29, 1.82) is 0 Å². The molecule has 0 saturated heterocycles. The summed E-state index contributed by atoms with van der Waals surface area (Å²) in [6.07, 6.45) is -0.602. The first-order valence-electron chi connectivity index (χ1n) is 4.71. The molecule has 2 N–H and O–H groups in total. The molecule has 0 aliphatic heterocycles. The van der Waals surface area contributed by atoms with Gasteiger partial charge in [-0.1, -0.05) is 12.1 Å². The zero-order valence-electron chi connectivity index (χ0n) is 8.06. The zero-order chi connectivity index (χ0) is 10.3. The molecule has 0 bridgehead atoms. The summed E-state index contributed by atoms with van der Waals surface area (Å²) in [5.41, 5.74) is 7.21. The Morgan fingerprint density at radius 3 is 2.50 bits per heavy atom. The van der Waals surface area contributed by atoms with Crippen LogP contribution in [-0.4, -0.2) is 0 Å². The lowest BCUT2D eigenvalue weighted by Gasteiger charge is -2.12. The van der Waals surface area contributed by atoms with Gasteiger partial charge >= 0.3 is 0 Å². The maximum absolute atomic E-state index is 12.6. The Labute approximate surface area is 81.9 Å². The summed E-state index contributed by atoms with van der Waals surface area (Å²) in [6, 6.07) is 5.13. The highest BCUT2D eigenvalue weighted by molar-refractivity contribution is 5.38. The highest BCUT2D eigenvalue weighted by Crippen LogP contribution is 2.43. The average molecular weight is 197 g/mol. The molecule has 0 unspecified atom stereocenters. The van der Waals surface area contributed by atoms with Gasteiger partial charge in [-0.05, 0) is 37.0 Å². The molecule has 1 nitrogen and oxygen atoms in total. The van der Waals surface area contributed by atoms with Gasteiger partial charge in [-0.3, -0.25) is 0 Å². The molecule has 1 aliphatic rings. The number of hydrogen-bond donors (Lipinski definition) is 1. The molecule has 0 aromatic heterocycles. The van der Waals surface area contributed by atoms with Crippen LogP contribution in [-0.2, 0) is 5.54 Å². The Morgan fingerprint density at radius 2 is 2.00 bits per heavy atom. The predicted octanol–water partition coefficient (Wildman–Crippen LogP) is 2.88. The molecule has 0 heterocycles. The van der Waals surface area contributed by atoms with Crippen LogP contribution in [0.5, 0.6) is 0 Å². The minimum Gasteiger partial charge on any atom is -0.321 e. The zero-order valence-corrected chi connectivity index (χ0v) is 8.06. The first-order valence-corrected chi connectivity index (χ1v) is 4.71. The second-order valence-corrected chi connectivity index (χ2v) is 4.03. The first-order chi connectivity index (χ1) is 6.53. The molecule has 0 spiro atoms. The van der Waals surface area contributed by atoms with Crippen LogP contribution in [0.25, 0.3) is 0 Å². The molecule has 0 atom stereocenters. The lowest BCUT2D eigenvalue weighted by atomic mass is 9.99. The highest BCUT2D eigenvalue weighted by Gasteiger charge is 2.40. The fourth-order valence-electron chi connectivity index (χ4n) is 1.61. The van der Waals surface area contributed by atoms with Crippen molar-refractivity contribution in [3.63, 3.8) is 0 Å². The van der Waals surface area contributed by atoms with Crippen LogP contribution in [0.3, 0.4) is 0 Å². The Balaban J connectivity index is 2.41. The van der Waals surface area contributed by atoms with Gasteiger partial charge in [-0.2, -0.15) is 0 Å². The van der Waals surface area contributed by atoms with Gasteiger partial charge in [-0.25, -0.2) is 8.78 Å². The summed E-state index contributed by atoms with van der Waals surface area (Å²) in [5, 5.41) is 0. The van der Waals surface area contributed by atoms with Gasteiger partial charge in [0.05, 0.1) is 0 Å². The lowest BCUT2D eigenvalue weighted by molar-refractivity contribution is 0.150. The molecular weight excluding hydrogens is 184 g/mol. The largest absolute Gasteiger partial charge is 0.321 e. The van der Waals surface area contributed by atoms with E-state index in [4.69, 9.17) is 5.73 Å². The molecule has 1 fully saturated rings. The molecule has 76 valence electrons. The van der Waals surface area contributed by atoms with Crippen LogP contribution in [0.1, 0.15) is 36.0 Å². The number of hydrogen-bond acceptors (Lipinski definition) is 1. The van der Waals surface area contributed by atoms with Gasteiger partial charge in [0, 0.05) is 11.1 Å². The van der Waals surface area contributed by atoms with Crippen LogP contribution >= 0.6 is 0 Å². The van der Waals surface area contributed by atoms with Crippen molar-refractivity contribution in [2.24, 2.45) is 5.73 Å². The van der Waals surface area contributed by atoms with Crippen LogP contribution in [0.4, 0.5) is 8.78 Å². The number of halogens is 2. The summed E-state index contributed by atoms with van der Waals surface area (Å²) in [4.78, 5) is 0. The van der Waals surface area contributed by atoms with E-state index in [2.05, 4.69) is 0 Å². The summed E-state index contributed by atoms with van der Waals surface area (Å²) in [5.74, 6) is 0. The van der Waals surface area contributed by atoms with Crippen molar-refractivity contribution in [3.8, 4) is 0 Å². The van der Waals surface area contributed by atoms with E-state index in [-0.39, 0.29) is 11.1 Å². The third-order valence-corrected chi connectivity index (χ3v) is 2.88. The molecule has 0 radical (unpaired) electrons. The van der Waals surface area contributed by atoms with Gasteiger partial charge in [-0.15, -0.1) is 0 Å². The SMILES string of the molecule is Cc1ccc(C2(N)CC2)cc1C(F)F. The van der Waals surface area contributed by atoms with Crippen molar-refractivity contribution in [3.05, 3.63) is 34.9 Å². The van der Waals surface area contributed by atoms with Gasteiger partial charge in [0.25, 0.3) is 6.43 Å². The lowest BCUT2D eigenvalue weighted by Crippen LogP contribution is -2.18. The number of benzene rings is 1. The topological polar surface area (TPSA) is 26.0 Å². The number of rotatable bonds is 2. The third-order valence-electron chi connectivity index (χ3n) is 2.88. The monoisotopic (exact) mass is 197 g/mol. The first kappa shape index (κ1) is 9.59. The smallest absolute Gasteiger partial charge is 0.264 e. The highest BCUT2D eigenvalue weighted by atomic mass is 19.3. The summed E-state index contributed by atoms with van der Waals surface area (Å²) in [6.45, 7) is 1.70. The van der Waals surface area contributed by atoms with Crippen LogP contribution in [0, 0.1) is 6.92 Å². The molecule has 2 rings (SSSR count). The van der Waals surface area contributed by atoms with E-state index in [1.54, 1.807) is 19.1 Å². The molecule has 1 saturated carbocycles. The van der Waals surface area contributed by atoms with Crippen molar-refractivity contribution in [1.82, 2.24) is 0 Å². The predicted molar refractivity (Wildman–Crippen MR) is 51.2 cm³/mol. The van der Waals surface area contributed by atoms with E-state index in [0.717, 1.165) is 18.4 Å². The summed E-state index contributed by atoms with van der Waals surface area (Å²) < 4.78 is 25.2. The van der Waals surface area contributed by atoms with Gasteiger partial charge in [0.15, 0.2) is 0 Å². The van der Waals surface area contributed by atoms with E-state index in [0.29, 0.717) is 5.56 Å². The quantitative estimate of drug-likeness (QED) is 0.775. The molecule has 1 aromatic rings. The standard InChI is InChI=1S/C11H13F2N/c1-7-2-3-8(11(14)4-5-11)6-9(7)10(12)13/h2-3,6,10H,4-5,14H2,1H3. The van der Waals surface area contributed by atoms with Crippen LogP contribution in [0.15, 0.2) is 18.2 Å². The molecule has 3 heteroatoms. The van der Waals surface area contributed by atoms with E-state index in [1.807, 2.05) is 6.07 Å². The van der Waals surface area contributed by atoms with E-state index in [9.17, 15) is 8.78 Å². The fourth-order valence-corrected chi connectivity index (χ4v) is 1.61. The van der Waals surface area contributed by atoms with E-state index < -0.39 is 6.43 Å². The number of aryl methyl sites for hydroxylation is 1. The van der Waals surface area contributed by atoms with Gasteiger partial charge < -0.3 is 5.73 Å². The maximum atomic E-state index is 12.6. The molecule has 1 aromatic carbocycles.